The first-order valence-electron chi connectivity index (χ1n) is 6.28. The van der Waals surface area contributed by atoms with Crippen molar-refractivity contribution in [3.8, 4) is 0 Å². The summed E-state index contributed by atoms with van der Waals surface area (Å²) in [6, 6.07) is 3.68. The van der Waals surface area contributed by atoms with Gasteiger partial charge in [-0.1, -0.05) is 6.92 Å². The number of likely N-dealkylation sites (tertiary alicyclic amines) is 1. The van der Waals surface area contributed by atoms with Crippen LogP contribution in [-0.4, -0.2) is 30.1 Å². The first-order valence-corrected chi connectivity index (χ1v) is 7.22. The van der Waals surface area contributed by atoms with E-state index in [-0.39, 0.29) is 0 Å². The van der Waals surface area contributed by atoms with E-state index in [1.807, 2.05) is 0 Å². The zero-order chi connectivity index (χ0) is 11.4. The van der Waals surface area contributed by atoms with Crippen LogP contribution in [0.25, 0.3) is 0 Å². The van der Waals surface area contributed by atoms with E-state index in [1.165, 1.54) is 24.9 Å². The summed E-state index contributed by atoms with van der Waals surface area (Å²) in [6.45, 7) is 8.01. The van der Waals surface area contributed by atoms with Gasteiger partial charge in [0.05, 0.1) is 0 Å². The van der Waals surface area contributed by atoms with Crippen molar-refractivity contribution in [2.45, 2.75) is 45.3 Å². The quantitative estimate of drug-likeness (QED) is 0.867. The Balaban J connectivity index is 1.84. The number of hydrogen-bond donors (Lipinski definition) is 1. The van der Waals surface area contributed by atoms with Gasteiger partial charge in [-0.2, -0.15) is 11.3 Å². The predicted octanol–water partition coefficient (Wildman–Crippen LogP) is 2.71. The summed E-state index contributed by atoms with van der Waals surface area (Å²) < 4.78 is 0. The standard InChI is InChI=1S/C13H22N2S/c1-3-14-13-4-6-15(11(2)8-13)9-12-5-7-16-10-12/h5,7,10-11,13-14H,3-4,6,8-9H2,1-2H3. The molecule has 1 aromatic heterocycles. The van der Waals surface area contributed by atoms with Gasteiger partial charge in [0, 0.05) is 25.2 Å². The molecule has 1 saturated heterocycles. The Bertz CT molecular complexity index is 297. The van der Waals surface area contributed by atoms with Crippen LogP contribution in [0, 0.1) is 0 Å². The van der Waals surface area contributed by atoms with Crippen LogP contribution in [-0.2, 0) is 6.54 Å². The van der Waals surface area contributed by atoms with E-state index in [0.717, 1.165) is 19.1 Å². The van der Waals surface area contributed by atoms with E-state index in [4.69, 9.17) is 0 Å². The highest BCUT2D eigenvalue weighted by Gasteiger charge is 2.24. The maximum Gasteiger partial charge on any atom is 0.0244 e. The molecule has 0 radical (unpaired) electrons. The monoisotopic (exact) mass is 238 g/mol. The fraction of sp³-hybridized carbons (Fsp3) is 0.692. The van der Waals surface area contributed by atoms with Crippen LogP contribution >= 0.6 is 11.3 Å². The van der Waals surface area contributed by atoms with Gasteiger partial charge < -0.3 is 5.32 Å². The average molecular weight is 238 g/mol. The van der Waals surface area contributed by atoms with Crippen LogP contribution < -0.4 is 5.32 Å². The third-order valence-corrected chi connectivity index (χ3v) is 4.20. The second-order valence-electron chi connectivity index (χ2n) is 4.73. The lowest BCUT2D eigenvalue weighted by Crippen LogP contribution is -2.46. The Morgan fingerprint density at radius 2 is 2.44 bits per heavy atom. The Hall–Kier alpha value is -0.380. The fourth-order valence-corrected chi connectivity index (χ4v) is 3.21. The third kappa shape index (κ3) is 3.06. The highest BCUT2D eigenvalue weighted by atomic mass is 32.1. The largest absolute Gasteiger partial charge is 0.314 e. The molecule has 1 aliphatic heterocycles. The van der Waals surface area contributed by atoms with Crippen LogP contribution in [0.5, 0.6) is 0 Å². The molecule has 1 aliphatic rings. The number of piperidine rings is 1. The minimum Gasteiger partial charge on any atom is -0.314 e. The SMILES string of the molecule is CCNC1CCN(Cc2ccsc2)C(C)C1. The molecule has 0 bridgehead atoms. The number of nitrogens with one attached hydrogen (secondary N) is 1. The van der Waals surface area contributed by atoms with Gasteiger partial charge in [0.2, 0.25) is 0 Å². The van der Waals surface area contributed by atoms with E-state index in [2.05, 4.69) is 40.9 Å². The van der Waals surface area contributed by atoms with E-state index < -0.39 is 0 Å². The van der Waals surface area contributed by atoms with E-state index in [9.17, 15) is 0 Å². The van der Waals surface area contributed by atoms with Crippen molar-refractivity contribution >= 4 is 11.3 Å². The molecule has 2 atom stereocenters. The minimum atomic E-state index is 0.706. The van der Waals surface area contributed by atoms with Crippen molar-refractivity contribution in [1.29, 1.82) is 0 Å². The smallest absolute Gasteiger partial charge is 0.0244 e. The van der Waals surface area contributed by atoms with Crippen LogP contribution in [0.15, 0.2) is 16.8 Å². The van der Waals surface area contributed by atoms with Crippen LogP contribution in [0.4, 0.5) is 0 Å². The van der Waals surface area contributed by atoms with Gasteiger partial charge in [-0.05, 0) is 48.7 Å². The van der Waals surface area contributed by atoms with Crippen molar-refractivity contribution in [2.24, 2.45) is 0 Å². The molecular formula is C13H22N2S. The number of nitrogens with zero attached hydrogens (tertiary/aromatic N) is 1. The zero-order valence-electron chi connectivity index (χ0n) is 10.3. The van der Waals surface area contributed by atoms with Crippen LogP contribution in [0.1, 0.15) is 32.3 Å². The van der Waals surface area contributed by atoms with E-state index in [1.54, 1.807) is 11.3 Å². The third-order valence-electron chi connectivity index (χ3n) is 3.47. The van der Waals surface area contributed by atoms with Crippen LogP contribution in [0.2, 0.25) is 0 Å². The lowest BCUT2D eigenvalue weighted by molar-refractivity contribution is 0.129. The molecule has 2 unspecified atom stereocenters. The van der Waals surface area contributed by atoms with E-state index >= 15 is 0 Å². The van der Waals surface area contributed by atoms with Gasteiger partial charge in [0.15, 0.2) is 0 Å². The highest BCUT2D eigenvalue weighted by molar-refractivity contribution is 7.07. The zero-order valence-corrected chi connectivity index (χ0v) is 11.1. The molecule has 1 aromatic rings. The fourth-order valence-electron chi connectivity index (χ4n) is 2.55. The second-order valence-corrected chi connectivity index (χ2v) is 5.51. The molecule has 16 heavy (non-hydrogen) atoms. The summed E-state index contributed by atoms with van der Waals surface area (Å²) in [7, 11) is 0. The van der Waals surface area contributed by atoms with Crippen molar-refractivity contribution in [3.63, 3.8) is 0 Å². The van der Waals surface area contributed by atoms with Gasteiger partial charge in [-0.3, -0.25) is 4.90 Å². The molecule has 0 saturated carbocycles. The summed E-state index contributed by atoms with van der Waals surface area (Å²) in [4.78, 5) is 2.61. The highest BCUT2D eigenvalue weighted by Crippen LogP contribution is 2.20. The maximum atomic E-state index is 3.57. The van der Waals surface area contributed by atoms with Gasteiger partial charge >= 0.3 is 0 Å². The van der Waals surface area contributed by atoms with Crippen molar-refractivity contribution in [1.82, 2.24) is 10.2 Å². The molecular weight excluding hydrogens is 216 g/mol. The summed E-state index contributed by atoms with van der Waals surface area (Å²) in [5, 5.41) is 8.01. The molecule has 0 spiro atoms. The second kappa shape index (κ2) is 5.80. The molecule has 0 aliphatic carbocycles. The molecule has 0 amide bonds. The van der Waals surface area contributed by atoms with Gasteiger partial charge in [-0.15, -0.1) is 0 Å². The van der Waals surface area contributed by atoms with Gasteiger partial charge in [0.25, 0.3) is 0 Å². The lowest BCUT2D eigenvalue weighted by Gasteiger charge is -2.37. The topological polar surface area (TPSA) is 15.3 Å². The molecule has 0 aromatic carbocycles. The Kier molecular flexibility index (Phi) is 4.38. The molecule has 1 N–H and O–H groups in total. The molecule has 2 heterocycles. The van der Waals surface area contributed by atoms with E-state index in [0.29, 0.717) is 6.04 Å². The normalized spacial score (nSPS) is 27.1. The van der Waals surface area contributed by atoms with Crippen molar-refractivity contribution in [2.75, 3.05) is 13.1 Å². The summed E-state index contributed by atoms with van der Waals surface area (Å²) >= 11 is 1.80. The van der Waals surface area contributed by atoms with Gasteiger partial charge in [-0.25, -0.2) is 0 Å². The first-order chi connectivity index (χ1) is 7.79. The number of thiophene rings is 1. The Morgan fingerprint density at radius 1 is 1.56 bits per heavy atom. The molecule has 2 nitrogen and oxygen atoms in total. The average Bonchev–Trinajstić information content (AvgIpc) is 2.75. The summed E-state index contributed by atoms with van der Waals surface area (Å²) in [5.41, 5.74) is 1.47. The van der Waals surface area contributed by atoms with Crippen LogP contribution in [0.3, 0.4) is 0 Å². The predicted molar refractivity (Wildman–Crippen MR) is 70.9 cm³/mol. The summed E-state index contributed by atoms with van der Waals surface area (Å²) in [6.07, 6.45) is 2.58. The van der Waals surface area contributed by atoms with Crippen molar-refractivity contribution in [3.05, 3.63) is 22.4 Å². The molecule has 1 fully saturated rings. The summed E-state index contributed by atoms with van der Waals surface area (Å²) in [5.74, 6) is 0. The molecule has 3 heteroatoms. The minimum absolute atomic E-state index is 0.706. The Labute approximate surface area is 103 Å². The maximum absolute atomic E-state index is 3.57. The van der Waals surface area contributed by atoms with Gasteiger partial charge in [0.1, 0.15) is 0 Å². The number of hydrogen-bond acceptors (Lipinski definition) is 3. The molecule has 90 valence electrons. The number of rotatable bonds is 4. The lowest BCUT2D eigenvalue weighted by atomic mass is 9.98. The Morgan fingerprint density at radius 3 is 3.06 bits per heavy atom. The molecule has 2 rings (SSSR count). The van der Waals surface area contributed by atoms with Crippen molar-refractivity contribution < 1.29 is 0 Å². The first kappa shape index (κ1) is 12.1.